The van der Waals surface area contributed by atoms with Gasteiger partial charge in [0.2, 0.25) is 0 Å². The first kappa shape index (κ1) is 12.8. The molecule has 1 unspecified atom stereocenters. The van der Waals surface area contributed by atoms with E-state index < -0.39 is 0 Å². The summed E-state index contributed by atoms with van der Waals surface area (Å²) in [5.41, 5.74) is 0.752. The second-order valence-corrected chi connectivity index (χ2v) is 3.20. The minimum Gasteiger partial charge on any atom is -0.366 e. The Morgan fingerprint density at radius 2 is 2.21 bits per heavy atom. The van der Waals surface area contributed by atoms with Crippen molar-refractivity contribution in [2.24, 2.45) is 0 Å². The number of hydrogen-bond acceptors (Lipinski definition) is 2. The normalized spacial score (nSPS) is 12.2. The molecule has 0 aliphatic heterocycles. The van der Waals surface area contributed by atoms with Crippen LogP contribution in [0.15, 0.2) is 37.1 Å². The Morgan fingerprint density at radius 1 is 1.64 bits per heavy atom. The highest BCUT2D eigenvalue weighted by atomic mass is 35.5. The first-order chi connectivity index (χ1) is 6.49. The molecular formula is C10H16ClN3. The SMILES string of the molecule is C=C/C=C\C(=C)NC(C)N(C)C(=N)Cl. The summed E-state index contributed by atoms with van der Waals surface area (Å²) in [4.78, 5) is 1.59. The second kappa shape index (κ2) is 6.27. The molecule has 0 bridgehead atoms. The third-order valence-corrected chi connectivity index (χ3v) is 1.99. The lowest BCUT2D eigenvalue weighted by Crippen LogP contribution is -2.41. The first-order valence-corrected chi connectivity index (χ1v) is 4.58. The van der Waals surface area contributed by atoms with E-state index in [1.165, 1.54) is 0 Å². The monoisotopic (exact) mass is 213 g/mol. The summed E-state index contributed by atoms with van der Waals surface area (Å²) in [6.07, 6.45) is 5.19. The van der Waals surface area contributed by atoms with Gasteiger partial charge in [0.1, 0.15) is 0 Å². The summed E-state index contributed by atoms with van der Waals surface area (Å²) in [7, 11) is 1.73. The van der Waals surface area contributed by atoms with Gasteiger partial charge in [0.15, 0.2) is 5.29 Å². The Hall–Kier alpha value is -1.22. The van der Waals surface area contributed by atoms with Crippen LogP contribution >= 0.6 is 11.6 Å². The fourth-order valence-corrected chi connectivity index (χ4v) is 0.914. The third-order valence-electron chi connectivity index (χ3n) is 1.72. The maximum Gasteiger partial charge on any atom is 0.192 e. The highest BCUT2D eigenvalue weighted by Crippen LogP contribution is 1.99. The lowest BCUT2D eigenvalue weighted by molar-refractivity contribution is 0.357. The summed E-state index contributed by atoms with van der Waals surface area (Å²) in [6.45, 7) is 9.23. The zero-order chi connectivity index (χ0) is 11.1. The zero-order valence-corrected chi connectivity index (χ0v) is 9.30. The molecule has 4 heteroatoms. The standard InChI is InChI=1S/C10H16ClN3/c1-5-6-7-8(2)13-9(3)14(4)10(11)12/h5-7,9,12-13H,1-2H2,3-4H3/b7-6-,12-10?. The smallest absolute Gasteiger partial charge is 0.192 e. The molecule has 0 rings (SSSR count). The van der Waals surface area contributed by atoms with Crippen molar-refractivity contribution < 1.29 is 0 Å². The van der Waals surface area contributed by atoms with Crippen molar-refractivity contribution in [3.05, 3.63) is 37.1 Å². The van der Waals surface area contributed by atoms with E-state index in [1.807, 2.05) is 6.92 Å². The number of allylic oxidation sites excluding steroid dienone is 3. The van der Waals surface area contributed by atoms with Gasteiger partial charge >= 0.3 is 0 Å². The molecule has 0 aliphatic carbocycles. The van der Waals surface area contributed by atoms with E-state index in [0.29, 0.717) is 0 Å². The fourth-order valence-electron chi connectivity index (χ4n) is 0.767. The summed E-state index contributed by atoms with van der Waals surface area (Å²) in [5, 5.41) is 10.3. The number of hydrogen-bond donors (Lipinski definition) is 2. The molecule has 0 spiro atoms. The van der Waals surface area contributed by atoms with Crippen molar-refractivity contribution >= 4 is 16.9 Å². The Balaban J connectivity index is 4.11. The van der Waals surface area contributed by atoms with Crippen LogP contribution in [0.1, 0.15) is 6.92 Å². The van der Waals surface area contributed by atoms with E-state index in [9.17, 15) is 0 Å². The summed E-state index contributed by atoms with van der Waals surface area (Å²) in [6, 6.07) is 0. The van der Waals surface area contributed by atoms with Crippen LogP contribution in [-0.2, 0) is 0 Å². The van der Waals surface area contributed by atoms with Crippen LogP contribution < -0.4 is 5.32 Å². The number of amidine groups is 1. The minimum atomic E-state index is -0.0676. The van der Waals surface area contributed by atoms with Crippen molar-refractivity contribution in [2.75, 3.05) is 7.05 Å². The molecule has 0 aromatic rings. The predicted octanol–water partition coefficient (Wildman–Crippen LogP) is 2.28. The lowest BCUT2D eigenvalue weighted by Gasteiger charge is -2.25. The number of halogens is 1. The average molecular weight is 214 g/mol. The van der Waals surface area contributed by atoms with E-state index in [2.05, 4.69) is 18.5 Å². The van der Waals surface area contributed by atoms with Gasteiger partial charge in [0, 0.05) is 12.7 Å². The lowest BCUT2D eigenvalue weighted by atomic mass is 10.3. The average Bonchev–Trinajstić information content (AvgIpc) is 2.13. The summed E-state index contributed by atoms with van der Waals surface area (Å²) < 4.78 is 0. The molecule has 14 heavy (non-hydrogen) atoms. The van der Waals surface area contributed by atoms with Gasteiger partial charge in [0.05, 0.1) is 6.17 Å². The number of nitrogens with one attached hydrogen (secondary N) is 2. The molecule has 78 valence electrons. The topological polar surface area (TPSA) is 39.1 Å². The van der Waals surface area contributed by atoms with Crippen LogP contribution in [0, 0.1) is 5.41 Å². The van der Waals surface area contributed by atoms with Crippen LogP contribution in [0.4, 0.5) is 0 Å². The number of nitrogens with zero attached hydrogens (tertiary/aromatic N) is 1. The Labute approximate surface area is 90.3 Å². The molecule has 0 aromatic heterocycles. The van der Waals surface area contributed by atoms with Crippen LogP contribution in [-0.4, -0.2) is 23.4 Å². The molecule has 0 aromatic carbocycles. The molecule has 0 aliphatic rings. The van der Waals surface area contributed by atoms with Crippen molar-refractivity contribution in [1.82, 2.24) is 10.2 Å². The maximum absolute atomic E-state index is 7.20. The molecular weight excluding hydrogens is 198 g/mol. The maximum atomic E-state index is 7.20. The van der Waals surface area contributed by atoms with Crippen LogP contribution in [0.5, 0.6) is 0 Å². The Morgan fingerprint density at radius 3 is 2.64 bits per heavy atom. The van der Waals surface area contributed by atoms with Crippen molar-refractivity contribution in [3.63, 3.8) is 0 Å². The molecule has 0 heterocycles. The molecule has 3 nitrogen and oxygen atoms in total. The van der Waals surface area contributed by atoms with E-state index in [4.69, 9.17) is 17.0 Å². The van der Waals surface area contributed by atoms with Gasteiger partial charge in [0.25, 0.3) is 0 Å². The van der Waals surface area contributed by atoms with E-state index in [0.717, 1.165) is 5.70 Å². The number of rotatable bonds is 5. The van der Waals surface area contributed by atoms with Gasteiger partial charge in [-0.25, -0.2) is 0 Å². The van der Waals surface area contributed by atoms with Crippen molar-refractivity contribution in [2.45, 2.75) is 13.1 Å². The highest BCUT2D eigenvalue weighted by Gasteiger charge is 2.09. The molecule has 2 N–H and O–H groups in total. The fraction of sp³-hybridized carbons (Fsp3) is 0.300. The van der Waals surface area contributed by atoms with Gasteiger partial charge in [-0.05, 0) is 24.6 Å². The second-order valence-electron chi connectivity index (χ2n) is 2.84. The van der Waals surface area contributed by atoms with E-state index in [-0.39, 0.29) is 11.5 Å². The molecule has 1 atom stereocenters. The van der Waals surface area contributed by atoms with Crippen LogP contribution in [0.3, 0.4) is 0 Å². The summed E-state index contributed by atoms with van der Waals surface area (Å²) in [5.74, 6) is 0. The van der Waals surface area contributed by atoms with Gasteiger partial charge in [-0.3, -0.25) is 5.41 Å². The molecule has 0 amide bonds. The van der Waals surface area contributed by atoms with Crippen LogP contribution in [0.25, 0.3) is 0 Å². The molecule has 0 saturated heterocycles. The largest absolute Gasteiger partial charge is 0.366 e. The van der Waals surface area contributed by atoms with Gasteiger partial charge in [-0.2, -0.15) is 0 Å². The van der Waals surface area contributed by atoms with Gasteiger partial charge in [-0.1, -0.05) is 25.3 Å². The minimum absolute atomic E-state index is 0.00880. The van der Waals surface area contributed by atoms with E-state index >= 15 is 0 Å². The molecule has 0 fully saturated rings. The Kier molecular flexibility index (Phi) is 5.72. The van der Waals surface area contributed by atoms with Crippen molar-refractivity contribution in [3.8, 4) is 0 Å². The summed E-state index contributed by atoms with van der Waals surface area (Å²) >= 11 is 5.52. The van der Waals surface area contributed by atoms with Crippen LogP contribution in [0.2, 0.25) is 0 Å². The molecule has 0 radical (unpaired) electrons. The first-order valence-electron chi connectivity index (χ1n) is 4.20. The van der Waals surface area contributed by atoms with E-state index in [1.54, 1.807) is 30.2 Å². The third kappa shape index (κ3) is 4.72. The zero-order valence-electron chi connectivity index (χ0n) is 8.55. The molecule has 0 saturated carbocycles. The van der Waals surface area contributed by atoms with Crippen molar-refractivity contribution in [1.29, 1.82) is 5.41 Å². The van der Waals surface area contributed by atoms with Gasteiger partial charge < -0.3 is 10.2 Å². The quantitative estimate of drug-likeness (QED) is 0.242. The Bertz CT molecular complexity index is 258. The predicted molar refractivity (Wildman–Crippen MR) is 62.4 cm³/mol. The van der Waals surface area contributed by atoms with Gasteiger partial charge in [-0.15, -0.1) is 0 Å². The highest BCUT2D eigenvalue weighted by molar-refractivity contribution is 6.63.